The smallest absolute Gasteiger partial charge is 0.253 e. The van der Waals surface area contributed by atoms with Gasteiger partial charge in [0.25, 0.3) is 5.91 Å². The number of hydrogen-bond donors (Lipinski definition) is 2. The number of anilines is 1. The van der Waals surface area contributed by atoms with Gasteiger partial charge in [0.15, 0.2) is 0 Å². The van der Waals surface area contributed by atoms with Gasteiger partial charge in [0.1, 0.15) is 0 Å². The van der Waals surface area contributed by atoms with Crippen LogP contribution in [0.2, 0.25) is 0 Å². The predicted molar refractivity (Wildman–Crippen MR) is 90.2 cm³/mol. The molecule has 0 spiro atoms. The molecule has 0 saturated carbocycles. The molecule has 1 aromatic heterocycles. The van der Waals surface area contributed by atoms with Crippen molar-refractivity contribution in [2.75, 3.05) is 11.9 Å². The van der Waals surface area contributed by atoms with Crippen molar-refractivity contribution >= 4 is 22.9 Å². The van der Waals surface area contributed by atoms with Crippen LogP contribution in [0.3, 0.4) is 0 Å². The summed E-state index contributed by atoms with van der Waals surface area (Å²) in [6, 6.07) is 10.0. The number of benzene rings is 1. The molecule has 0 radical (unpaired) electrons. The Morgan fingerprint density at radius 1 is 1.19 bits per heavy atom. The number of hydrogen-bond acceptors (Lipinski definition) is 3. The first-order valence-corrected chi connectivity index (χ1v) is 8.10. The fourth-order valence-corrected chi connectivity index (χ4v) is 2.93. The molecule has 2 aromatic rings. The molecule has 0 aliphatic carbocycles. The highest BCUT2D eigenvalue weighted by Gasteiger charge is 2.11. The van der Waals surface area contributed by atoms with E-state index in [0.717, 1.165) is 24.2 Å². The second kappa shape index (κ2) is 7.27. The normalized spacial score (nSPS) is 10.4. The maximum absolute atomic E-state index is 12.4. The number of carbonyl (C=O) groups excluding carboxylic acids is 1. The first-order chi connectivity index (χ1) is 10.1. The molecule has 1 heterocycles. The third kappa shape index (κ3) is 4.33. The number of rotatable bonds is 6. The van der Waals surface area contributed by atoms with E-state index in [1.165, 1.54) is 9.75 Å². The van der Waals surface area contributed by atoms with Crippen LogP contribution in [-0.4, -0.2) is 12.5 Å². The molecule has 0 aliphatic heterocycles. The maximum atomic E-state index is 12.4. The summed E-state index contributed by atoms with van der Waals surface area (Å²) in [5.74, 6) is -0.0281. The minimum absolute atomic E-state index is 0.0281. The van der Waals surface area contributed by atoms with Gasteiger partial charge in [-0.3, -0.25) is 4.79 Å². The van der Waals surface area contributed by atoms with Gasteiger partial charge in [-0.2, -0.15) is 0 Å². The Bertz CT molecular complexity index is 619. The molecule has 1 aromatic carbocycles. The summed E-state index contributed by atoms with van der Waals surface area (Å²) in [6.07, 6.45) is 1.03. The summed E-state index contributed by atoms with van der Waals surface area (Å²) >= 11 is 1.72. The van der Waals surface area contributed by atoms with Gasteiger partial charge in [-0.1, -0.05) is 13.0 Å². The molecule has 2 N–H and O–H groups in total. The van der Waals surface area contributed by atoms with E-state index in [1.807, 2.05) is 25.1 Å². The number of thiophene rings is 1. The van der Waals surface area contributed by atoms with E-state index < -0.39 is 0 Å². The van der Waals surface area contributed by atoms with Crippen LogP contribution < -0.4 is 10.6 Å². The lowest BCUT2D eigenvalue weighted by atomic mass is 10.1. The average Bonchev–Trinajstić information content (AvgIpc) is 2.88. The van der Waals surface area contributed by atoms with E-state index >= 15 is 0 Å². The lowest BCUT2D eigenvalue weighted by molar-refractivity contribution is 0.0952. The van der Waals surface area contributed by atoms with Gasteiger partial charge in [0, 0.05) is 22.0 Å². The molecule has 2 rings (SSSR count). The topological polar surface area (TPSA) is 41.1 Å². The van der Waals surface area contributed by atoms with Crippen molar-refractivity contribution in [1.82, 2.24) is 5.32 Å². The van der Waals surface area contributed by atoms with Crippen LogP contribution in [0.25, 0.3) is 0 Å². The van der Waals surface area contributed by atoms with Gasteiger partial charge in [0.05, 0.1) is 12.1 Å². The summed E-state index contributed by atoms with van der Waals surface area (Å²) in [4.78, 5) is 14.8. The molecule has 1 amide bonds. The highest BCUT2D eigenvalue weighted by atomic mass is 32.1. The van der Waals surface area contributed by atoms with Crippen molar-refractivity contribution in [2.24, 2.45) is 0 Å². The Morgan fingerprint density at radius 3 is 2.67 bits per heavy atom. The summed E-state index contributed by atoms with van der Waals surface area (Å²) in [6.45, 7) is 7.67. The van der Waals surface area contributed by atoms with Crippen molar-refractivity contribution < 1.29 is 4.79 Å². The minimum atomic E-state index is -0.0281. The quantitative estimate of drug-likeness (QED) is 0.843. The summed E-state index contributed by atoms with van der Waals surface area (Å²) < 4.78 is 0. The molecule has 112 valence electrons. The molecular formula is C17H22N2OS. The van der Waals surface area contributed by atoms with Crippen molar-refractivity contribution in [2.45, 2.75) is 33.7 Å². The number of amides is 1. The van der Waals surface area contributed by atoms with Crippen LogP contribution in [0, 0.1) is 13.8 Å². The Balaban J connectivity index is 2.07. The lowest BCUT2D eigenvalue weighted by Gasteiger charge is -2.12. The SMILES string of the molecule is CCCNc1cc(C)ccc1C(=O)NCc1ccc(C)s1. The van der Waals surface area contributed by atoms with Crippen LogP contribution in [0.4, 0.5) is 5.69 Å². The molecule has 0 unspecified atom stereocenters. The van der Waals surface area contributed by atoms with Crippen LogP contribution in [0.15, 0.2) is 30.3 Å². The van der Waals surface area contributed by atoms with E-state index in [2.05, 4.69) is 36.6 Å². The summed E-state index contributed by atoms with van der Waals surface area (Å²) in [5.41, 5.74) is 2.78. The molecule has 0 saturated heterocycles. The monoisotopic (exact) mass is 302 g/mol. The zero-order valence-corrected chi connectivity index (χ0v) is 13.6. The third-order valence-corrected chi connectivity index (χ3v) is 4.21. The van der Waals surface area contributed by atoms with Gasteiger partial charge in [-0.25, -0.2) is 0 Å². The molecule has 0 bridgehead atoms. The van der Waals surface area contributed by atoms with E-state index in [4.69, 9.17) is 0 Å². The summed E-state index contributed by atoms with van der Waals surface area (Å²) in [5, 5.41) is 6.33. The largest absolute Gasteiger partial charge is 0.384 e. The molecule has 21 heavy (non-hydrogen) atoms. The van der Waals surface area contributed by atoms with Crippen LogP contribution in [-0.2, 0) is 6.54 Å². The molecule has 0 aliphatic rings. The Hall–Kier alpha value is -1.81. The zero-order valence-electron chi connectivity index (χ0n) is 12.8. The van der Waals surface area contributed by atoms with E-state index in [9.17, 15) is 4.79 Å². The van der Waals surface area contributed by atoms with E-state index in [-0.39, 0.29) is 5.91 Å². The van der Waals surface area contributed by atoms with Gasteiger partial charge >= 0.3 is 0 Å². The molecule has 0 atom stereocenters. The lowest BCUT2D eigenvalue weighted by Crippen LogP contribution is -2.23. The Labute approximate surface area is 130 Å². The standard InChI is InChI=1S/C17H22N2OS/c1-4-9-18-16-10-12(2)5-8-15(16)17(20)19-11-14-7-6-13(3)21-14/h5-8,10,18H,4,9,11H2,1-3H3,(H,19,20). The maximum Gasteiger partial charge on any atom is 0.253 e. The molecule has 3 nitrogen and oxygen atoms in total. The highest BCUT2D eigenvalue weighted by Crippen LogP contribution is 2.19. The average molecular weight is 302 g/mol. The van der Waals surface area contributed by atoms with Crippen molar-refractivity contribution in [1.29, 1.82) is 0 Å². The van der Waals surface area contributed by atoms with Crippen molar-refractivity contribution in [3.8, 4) is 0 Å². The van der Waals surface area contributed by atoms with Gasteiger partial charge in [-0.05, 0) is 50.1 Å². The van der Waals surface area contributed by atoms with Gasteiger partial charge in [-0.15, -0.1) is 11.3 Å². The van der Waals surface area contributed by atoms with E-state index in [0.29, 0.717) is 12.1 Å². The Kier molecular flexibility index (Phi) is 5.39. The molecule has 4 heteroatoms. The first kappa shape index (κ1) is 15.6. The molecular weight excluding hydrogens is 280 g/mol. The first-order valence-electron chi connectivity index (χ1n) is 7.28. The fourth-order valence-electron chi connectivity index (χ4n) is 2.10. The third-order valence-electron chi connectivity index (χ3n) is 3.20. The minimum Gasteiger partial charge on any atom is -0.384 e. The van der Waals surface area contributed by atoms with Crippen LogP contribution >= 0.6 is 11.3 Å². The van der Waals surface area contributed by atoms with Gasteiger partial charge < -0.3 is 10.6 Å². The Morgan fingerprint density at radius 2 is 2.00 bits per heavy atom. The van der Waals surface area contributed by atoms with Crippen molar-refractivity contribution in [3.63, 3.8) is 0 Å². The van der Waals surface area contributed by atoms with Gasteiger partial charge in [0.2, 0.25) is 0 Å². The second-order valence-electron chi connectivity index (χ2n) is 5.17. The number of aryl methyl sites for hydroxylation is 2. The second-order valence-corrected chi connectivity index (χ2v) is 6.54. The zero-order chi connectivity index (χ0) is 15.2. The van der Waals surface area contributed by atoms with Crippen LogP contribution in [0.1, 0.15) is 39.0 Å². The fraction of sp³-hybridized carbons (Fsp3) is 0.353. The van der Waals surface area contributed by atoms with E-state index in [1.54, 1.807) is 11.3 Å². The number of nitrogens with one attached hydrogen (secondary N) is 2. The number of carbonyl (C=O) groups is 1. The van der Waals surface area contributed by atoms with Crippen molar-refractivity contribution in [3.05, 3.63) is 51.2 Å². The van der Waals surface area contributed by atoms with Crippen LogP contribution in [0.5, 0.6) is 0 Å². The summed E-state index contributed by atoms with van der Waals surface area (Å²) in [7, 11) is 0. The molecule has 0 fully saturated rings. The predicted octanol–water partition coefficient (Wildman–Crippen LogP) is 4.12. The highest BCUT2D eigenvalue weighted by molar-refractivity contribution is 7.11.